The Kier molecular flexibility index (Phi) is 3.64. The van der Waals surface area contributed by atoms with E-state index in [1.165, 1.54) is 29.8 Å². The lowest BCUT2D eigenvalue weighted by atomic mass is 10.3. The van der Waals surface area contributed by atoms with Crippen LogP contribution in [0, 0.1) is 0 Å². The van der Waals surface area contributed by atoms with Crippen LogP contribution in [0.3, 0.4) is 0 Å². The standard InChI is InChI=1S/C11H12N2O6S/c1-13-8-4-3-7(5-9(8)19-11(13)15)20(16,17)12-6-10(14)18-2/h3-5,12H,6H2,1-2H3. The number of rotatable bonds is 4. The number of esters is 1. The molecule has 8 nitrogen and oxygen atoms in total. The van der Waals surface area contributed by atoms with E-state index in [-0.39, 0.29) is 10.5 Å². The molecule has 1 heterocycles. The Labute approximate surface area is 114 Å². The number of aromatic nitrogens is 1. The monoisotopic (exact) mass is 300 g/mol. The predicted octanol–water partition coefficient (Wildman–Crippen LogP) is -0.417. The minimum absolute atomic E-state index is 0.108. The minimum atomic E-state index is -3.88. The van der Waals surface area contributed by atoms with E-state index in [9.17, 15) is 18.0 Å². The van der Waals surface area contributed by atoms with Crippen LogP contribution in [0.4, 0.5) is 0 Å². The number of carbonyl (C=O) groups is 1. The van der Waals surface area contributed by atoms with E-state index in [0.717, 1.165) is 7.11 Å². The van der Waals surface area contributed by atoms with E-state index in [1.54, 1.807) is 0 Å². The molecular weight excluding hydrogens is 288 g/mol. The average molecular weight is 300 g/mol. The number of hydrogen-bond donors (Lipinski definition) is 1. The van der Waals surface area contributed by atoms with Crippen LogP contribution in [0.15, 0.2) is 32.3 Å². The lowest BCUT2D eigenvalue weighted by Gasteiger charge is -2.05. The number of sulfonamides is 1. The summed E-state index contributed by atoms with van der Waals surface area (Å²) in [4.78, 5) is 22.2. The van der Waals surface area contributed by atoms with E-state index < -0.39 is 28.3 Å². The van der Waals surface area contributed by atoms with Crippen molar-refractivity contribution in [2.45, 2.75) is 4.90 Å². The maximum Gasteiger partial charge on any atom is 0.419 e. The summed E-state index contributed by atoms with van der Waals surface area (Å²) >= 11 is 0. The third-order valence-electron chi connectivity index (χ3n) is 2.71. The molecule has 0 atom stereocenters. The first-order chi connectivity index (χ1) is 9.35. The van der Waals surface area contributed by atoms with E-state index in [1.807, 2.05) is 0 Å². The van der Waals surface area contributed by atoms with Gasteiger partial charge in [0.2, 0.25) is 10.0 Å². The van der Waals surface area contributed by atoms with Gasteiger partial charge in [-0.3, -0.25) is 9.36 Å². The summed E-state index contributed by atoms with van der Waals surface area (Å²) in [7, 11) is -1.22. The molecule has 0 spiro atoms. The Morgan fingerprint density at radius 3 is 2.80 bits per heavy atom. The molecule has 0 aliphatic rings. The molecule has 108 valence electrons. The number of methoxy groups -OCH3 is 1. The molecule has 2 aromatic rings. The zero-order chi connectivity index (χ0) is 14.9. The molecule has 1 aromatic carbocycles. The van der Waals surface area contributed by atoms with Gasteiger partial charge in [-0.15, -0.1) is 0 Å². The molecule has 0 fully saturated rings. The van der Waals surface area contributed by atoms with Gasteiger partial charge in [-0.1, -0.05) is 0 Å². The second-order valence-corrected chi connectivity index (χ2v) is 5.72. The first kappa shape index (κ1) is 14.3. The summed E-state index contributed by atoms with van der Waals surface area (Å²) in [6.45, 7) is -0.477. The Balaban J connectivity index is 2.37. The minimum Gasteiger partial charge on any atom is -0.468 e. The molecule has 20 heavy (non-hydrogen) atoms. The summed E-state index contributed by atoms with van der Waals surface area (Å²) < 4.78 is 36.5. The third-order valence-corrected chi connectivity index (χ3v) is 4.11. The van der Waals surface area contributed by atoms with Crippen LogP contribution in [0.1, 0.15) is 0 Å². The molecule has 0 saturated carbocycles. The molecule has 9 heteroatoms. The quantitative estimate of drug-likeness (QED) is 0.769. The summed E-state index contributed by atoms with van der Waals surface area (Å²) in [5, 5.41) is 0. The van der Waals surface area contributed by atoms with Crippen LogP contribution in [0.5, 0.6) is 0 Å². The number of ether oxygens (including phenoxy) is 1. The fourth-order valence-corrected chi connectivity index (χ4v) is 2.57. The Bertz CT molecular complexity index is 817. The maximum atomic E-state index is 11.9. The third kappa shape index (κ3) is 2.58. The number of oxazole rings is 1. The molecule has 0 aliphatic carbocycles. The van der Waals surface area contributed by atoms with Crippen LogP contribution in [-0.2, 0) is 26.6 Å². The fourth-order valence-electron chi connectivity index (χ4n) is 1.59. The molecule has 1 aromatic heterocycles. The Morgan fingerprint density at radius 1 is 1.45 bits per heavy atom. The SMILES string of the molecule is COC(=O)CNS(=O)(=O)c1ccc2c(c1)oc(=O)n2C. The van der Waals surface area contributed by atoms with Crippen LogP contribution >= 0.6 is 0 Å². The molecule has 0 radical (unpaired) electrons. The molecule has 0 saturated heterocycles. The zero-order valence-electron chi connectivity index (χ0n) is 10.7. The fraction of sp³-hybridized carbons (Fsp3) is 0.273. The van der Waals surface area contributed by atoms with Crippen molar-refractivity contribution < 1.29 is 22.4 Å². The van der Waals surface area contributed by atoms with E-state index in [2.05, 4.69) is 9.46 Å². The van der Waals surface area contributed by atoms with Crippen molar-refractivity contribution in [2.24, 2.45) is 7.05 Å². The summed E-state index contributed by atoms with van der Waals surface area (Å²) in [5.41, 5.74) is 0.625. The van der Waals surface area contributed by atoms with Crippen LogP contribution in [0.25, 0.3) is 11.1 Å². The van der Waals surface area contributed by atoms with Crippen molar-refractivity contribution in [1.82, 2.24) is 9.29 Å². The van der Waals surface area contributed by atoms with Gasteiger partial charge in [-0.05, 0) is 12.1 Å². The number of nitrogens with one attached hydrogen (secondary N) is 1. The molecule has 1 N–H and O–H groups in total. The topological polar surface area (TPSA) is 108 Å². The lowest BCUT2D eigenvalue weighted by molar-refractivity contribution is -0.139. The van der Waals surface area contributed by atoms with Gasteiger partial charge < -0.3 is 9.15 Å². The Hall–Kier alpha value is -2.13. The highest BCUT2D eigenvalue weighted by atomic mass is 32.2. The number of aryl methyl sites for hydroxylation is 1. The second kappa shape index (κ2) is 5.10. The number of nitrogens with zero attached hydrogens (tertiary/aromatic N) is 1. The normalized spacial score (nSPS) is 11.7. The summed E-state index contributed by atoms with van der Waals surface area (Å²) in [5.74, 6) is -1.29. The maximum absolute atomic E-state index is 11.9. The van der Waals surface area contributed by atoms with E-state index in [0.29, 0.717) is 5.52 Å². The van der Waals surface area contributed by atoms with Gasteiger partial charge in [-0.2, -0.15) is 4.72 Å². The van der Waals surface area contributed by atoms with Gasteiger partial charge in [0.1, 0.15) is 6.54 Å². The highest BCUT2D eigenvalue weighted by Gasteiger charge is 2.18. The first-order valence-electron chi connectivity index (χ1n) is 5.51. The molecule has 0 unspecified atom stereocenters. The summed E-state index contributed by atoms with van der Waals surface area (Å²) in [6, 6.07) is 3.99. The highest BCUT2D eigenvalue weighted by molar-refractivity contribution is 7.89. The number of benzene rings is 1. The lowest BCUT2D eigenvalue weighted by Crippen LogP contribution is -2.30. The molecule has 0 aliphatic heterocycles. The van der Waals surface area contributed by atoms with Gasteiger partial charge in [-0.25, -0.2) is 13.2 Å². The van der Waals surface area contributed by atoms with Crippen molar-refractivity contribution in [3.8, 4) is 0 Å². The van der Waals surface area contributed by atoms with Gasteiger partial charge in [0.15, 0.2) is 5.58 Å². The van der Waals surface area contributed by atoms with Crippen LogP contribution in [-0.4, -0.2) is 32.6 Å². The second-order valence-electron chi connectivity index (χ2n) is 3.96. The van der Waals surface area contributed by atoms with Crippen LogP contribution < -0.4 is 10.5 Å². The van der Waals surface area contributed by atoms with Crippen molar-refractivity contribution in [2.75, 3.05) is 13.7 Å². The van der Waals surface area contributed by atoms with Crippen molar-refractivity contribution >= 4 is 27.1 Å². The van der Waals surface area contributed by atoms with Crippen molar-refractivity contribution in [3.63, 3.8) is 0 Å². The van der Waals surface area contributed by atoms with Crippen molar-refractivity contribution in [3.05, 3.63) is 28.7 Å². The van der Waals surface area contributed by atoms with Gasteiger partial charge >= 0.3 is 11.7 Å². The van der Waals surface area contributed by atoms with Crippen molar-refractivity contribution in [1.29, 1.82) is 0 Å². The van der Waals surface area contributed by atoms with Gasteiger partial charge in [0, 0.05) is 13.1 Å². The first-order valence-corrected chi connectivity index (χ1v) is 6.99. The molecule has 2 rings (SSSR count). The largest absolute Gasteiger partial charge is 0.468 e. The molecule has 0 bridgehead atoms. The molecule has 0 amide bonds. The predicted molar refractivity (Wildman–Crippen MR) is 68.7 cm³/mol. The van der Waals surface area contributed by atoms with E-state index in [4.69, 9.17) is 4.42 Å². The van der Waals surface area contributed by atoms with E-state index >= 15 is 0 Å². The smallest absolute Gasteiger partial charge is 0.419 e. The number of carbonyl (C=O) groups excluding carboxylic acids is 1. The number of hydrogen-bond acceptors (Lipinski definition) is 6. The Morgan fingerprint density at radius 2 is 2.15 bits per heavy atom. The van der Waals surface area contributed by atoms with Gasteiger partial charge in [0.05, 0.1) is 17.5 Å². The number of fused-ring (bicyclic) bond motifs is 1. The summed E-state index contributed by atoms with van der Waals surface area (Å²) in [6.07, 6.45) is 0. The van der Waals surface area contributed by atoms with Gasteiger partial charge in [0.25, 0.3) is 0 Å². The highest BCUT2D eigenvalue weighted by Crippen LogP contribution is 2.17. The zero-order valence-corrected chi connectivity index (χ0v) is 11.6. The van der Waals surface area contributed by atoms with Crippen LogP contribution in [0.2, 0.25) is 0 Å². The molecular formula is C11H12N2O6S. The average Bonchev–Trinajstić information content (AvgIpc) is 2.71.